The zero-order valence-corrected chi connectivity index (χ0v) is 7.95. The molecule has 0 radical (unpaired) electrons. The van der Waals surface area contributed by atoms with E-state index < -0.39 is 0 Å². The van der Waals surface area contributed by atoms with E-state index in [1.165, 1.54) is 5.57 Å². The van der Waals surface area contributed by atoms with Crippen LogP contribution in [0, 0.1) is 5.92 Å². The van der Waals surface area contributed by atoms with Crippen LogP contribution < -0.4 is 5.73 Å². The Morgan fingerprint density at radius 1 is 1.73 bits per heavy atom. The van der Waals surface area contributed by atoms with E-state index in [1.807, 2.05) is 0 Å². The smallest absolute Gasteiger partial charge is 0.0692 e. The van der Waals surface area contributed by atoms with E-state index in [1.54, 1.807) is 11.8 Å². The number of allylic oxidation sites excluding steroid dienone is 2. The first-order chi connectivity index (χ1) is 5.25. The second kappa shape index (κ2) is 3.86. The molecule has 0 aromatic heterocycles. The van der Waals surface area contributed by atoms with E-state index in [0.717, 1.165) is 17.9 Å². The molecule has 0 amide bonds. The molecular formula is C9H15NS. The molecule has 1 nitrogen and oxygen atoms in total. The highest BCUT2D eigenvalue weighted by atomic mass is 32.2. The number of hydrogen-bond donors (Lipinski definition) is 1. The predicted octanol–water partition coefficient (Wildman–Crippen LogP) is 2.85. The lowest BCUT2D eigenvalue weighted by atomic mass is 9.96. The molecule has 0 spiro atoms. The molecule has 1 heterocycles. The number of nitrogens with two attached hydrogens (primary N) is 1. The minimum atomic E-state index is 0.631. The van der Waals surface area contributed by atoms with Gasteiger partial charge in [0.25, 0.3) is 0 Å². The Bertz CT molecular complexity index is 194. The fourth-order valence-electron chi connectivity index (χ4n) is 1.36. The van der Waals surface area contributed by atoms with Gasteiger partial charge in [-0.25, -0.2) is 0 Å². The Labute approximate surface area is 72.7 Å². The fourth-order valence-corrected chi connectivity index (χ4v) is 2.22. The first-order valence-electron chi connectivity index (χ1n) is 4.06. The molecule has 1 atom stereocenters. The summed E-state index contributed by atoms with van der Waals surface area (Å²) in [7, 11) is 0. The van der Waals surface area contributed by atoms with Crippen molar-refractivity contribution in [1.82, 2.24) is 0 Å². The number of hydrogen-bond acceptors (Lipinski definition) is 2. The van der Waals surface area contributed by atoms with E-state index in [-0.39, 0.29) is 0 Å². The second-order valence-corrected chi connectivity index (χ2v) is 3.82. The topological polar surface area (TPSA) is 26.0 Å². The Morgan fingerprint density at radius 2 is 2.45 bits per heavy atom. The summed E-state index contributed by atoms with van der Waals surface area (Å²) >= 11 is 1.65. The molecule has 1 aliphatic heterocycles. The van der Waals surface area contributed by atoms with Crippen molar-refractivity contribution in [2.45, 2.75) is 26.7 Å². The van der Waals surface area contributed by atoms with Crippen LogP contribution in [0.2, 0.25) is 0 Å². The average molecular weight is 169 g/mol. The molecule has 62 valence electrons. The van der Waals surface area contributed by atoms with Gasteiger partial charge in [0.1, 0.15) is 0 Å². The highest BCUT2D eigenvalue weighted by Gasteiger charge is 2.11. The molecular weight excluding hydrogens is 154 g/mol. The Kier molecular flexibility index (Phi) is 3.06. The van der Waals surface area contributed by atoms with Gasteiger partial charge in [-0.1, -0.05) is 31.7 Å². The van der Waals surface area contributed by atoms with Crippen LogP contribution in [0.1, 0.15) is 26.7 Å². The van der Waals surface area contributed by atoms with Crippen molar-refractivity contribution in [2.75, 3.05) is 0 Å². The molecule has 1 aliphatic rings. The molecule has 11 heavy (non-hydrogen) atoms. The summed E-state index contributed by atoms with van der Waals surface area (Å²) in [5, 5.41) is 3.10. The van der Waals surface area contributed by atoms with Gasteiger partial charge >= 0.3 is 0 Å². The molecule has 0 saturated heterocycles. The lowest BCUT2D eigenvalue weighted by molar-refractivity contribution is 0.665. The molecule has 1 rings (SSSR count). The van der Waals surface area contributed by atoms with Crippen LogP contribution in [0.25, 0.3) is 0 Å². The maximum atomic E-state index is 5.87. The maximum absolute atomic E-state index is 5.87. The lowest BCUT2D eigenvalue weighted by Gasteiger charge is -2.12. The molecule has 1 unspecified atom stereocenters. The van der Waals surface area contributed by atoms with Crippen LogP contribution in [0.3, 0.4) is 0 Å². The third kappa shape index (κ3) is 2.03. The van der Waals surface area contributed by atoms with E-state index in [4.69, 9.17) is 5.73 Å². The zero-order valence-electron chi connectivity index (χ0n) is 7.13. The predicted molar refractivity (Wildman–Crippen MR) is 52.0 cm³/mol. The molecule has 0 fully saturated rings. The fraction of sp³-hybridized carbons (Fsp3) is 0.556. The Hall–Kier alpha value is -0.370. The monoisotopic (exact) mass is 169 g/mol. The van der Waals surface area contributed by atoms with Crippen molar-refractivity contribution in [3.05, 3.63) is 22.1 Å². The summed E-state index contributed by atoms with van der Waals surface area (Å²) in [6.45, 7) is 4.41. The normalized spacial score (nSPS) is 25.5. The second-order valence-electron chi connectivity index (χ2n) is 2.87. The van der Waals surface area contributed by atoms with Gasteiger partial charge in [0.15, 0.2) is 0 Å². The van der Waals surface area contributed by atoms with Crippen LogP contribution in [0.5, 0.6) is 0 Å². The van der Waals surface area contributed by atoms with Gasteiger partial charge in [-0.3, -0.25) is 0 Å². The number of rotatable bonds is 1. The lowest BCUT2D eigenvalue weighted by Crippen LogP contribution is -2.04. The first kappa shape index (κ1) is 8.72. The summed E-state index contributed by atoms with van der Waals surface area (Å²) < 4.78 is 0. The minimum absolute atomic E-state index is 0.631. The van der Waals surface area contributed by atoms with Crippen molar-refractivity contribution >= 4 is 11.8 Å². The van der Waals surface area contributed by atoms with Gasteiger partial charge in [0, 0.05) is 0 Å². The highest BCUT2D eigenvalue weighted by Crippen LogP contribution is 2.29. The molecule has 0 aromatic carbocycles. The molecule has 0 aromatic rings. The van der Waals surface area contributed by atoms with Crippen molar-refractivity contribution < 1.29 is 0 Å². The minimum Gasteiger partial charge on any atom is -0.393 e. The van der Waals surface area contributed by atoms with E-state index in [0.29, 0.717) is 5.92 Å². The standard InChI is InChI=1S/C9H15NS/c1-3-8-7(2)5-4-6-11-9(8)10/h4,6-7H,3,5,10H2,1-2H3. The Balaban J connectivity index is 2.82. The van der Waals surface area contributed by atoms with E-state index in [2.05, 4.69) is 25.3 Å². The maximum Gasteiger partial charge on any atom is 0.0692 e. The zero-order chi connectivity index (χ0) is 8.27. The Morgan fingerprint density at radius 3 is 3.09 bits per heavy atom. The van der Waals surface area contributed by atoms with Gasteiger partial charge < -0.3 is 5.73 Å². The molecule has 0 saturated carbocycles. The first-order valence-corrected chi connectivity index (χ1v) is 4.93. The third-order valence-corrected chi connectivity index (χ3v) is 2.92. The van der Waals surface area contributed by atoms with Crippen LogP contribution in [-0.2, 0) is 0 Å². The van der Waals surface area contributed by atoms with Crippen molar-refractivity contribution in [2.24, 2.45) is 11.7 Å². The molecule has 2 heteroatoms. The van der Waals surface area contributed by atoms with Gasteiger partial charge in [0.2, 0.25) is 0 Å². The largest absolute Gasteiger partial charge is 0.393 e. The van der Waals surface area contributed by atoms with Crippen molar-refractivity contribution in [3.8, 4) is 0 Å². The van der Waals surface area contributed by atoms with E-state index >= 15 is 0 Å². The quantitative estimate of drug-likeness (QED) is 0.653. The van der Waals surface area contributed by atoms with Crippen molar-refractivity contribution in [1.29, 1.82) is 0 Å². The third-order valence-electron chi connectivity index (χ3n) is 2.07. The summed E-state index contributed by atoms with van der Waals surface area (Å²) in [6, 6.07) is 0. The summed E-state index contributed by atoms with van der Waals surface area (Å²) in [5.74, 6) is 0.631. The summed E-state index contributed by atoms with van der Waals surface area (Å²) in [4.78, 5) is 0. The van der Waals surface area contributed by atoms with Crippen LogP contribution >= 0.6 is 11.8 Å². The van der Waals surface area contributed by atoms with Gasteiger partial charge in [-0.15, -0.1) is 0 Å². The van der Waals surface area contributed by atoms with Crippen LogP contribution in [0.4, 0.5) is 0 Å². The van der Waals surface area contributed by atoms with Gasteiger partial charge in [-0.05, 0) is 29.7 Å². The molecule has 2 N–H and O–H groups in total. The molecule has 0 bridgehead atoms. The van der Waals surface area contributed by atoms with E-state index in [9.17, 15) is 0 Å². The van der Waals surface area contributed by atoms with Crippen LogP contribution in [0.15, 0.2) is 22.1 Å². The summed E-state index contributed by atoms with van der Waals surface area (Å²) in [5.41, 5.74) is 7.29. The average Bonchev–Trinajstić information content (AvgIpc) is 2.12. The van der Waals surface area contributed by atoms with Crippen molar-refractivity contribution in [3.63, 3.8) is 0 Å². The van der Waals surface area contributed by atoms with Gasteiger partial charge in [0.05, 0.1) is 5.03 Å². The molecule has 0 aliphatic carbocycles. The summed E-state index contributed by atoms with van der Waals surface area (Å²) in [6.07, 6.45) is 4.42. The number of thioether (sulfide) groups is 1. The van der Waals surface area contributed by atoms with Gasteiger partial charge in [-0.2, -0.15) is 0 Å². The highest BCUT2D eigenvalue weighted by molar-refractivity contribution is 8.05. The van der Waals surface area contributed by atoms with Crippen LogP contribution in [-0.4, -0.2) is 0 Å². The SMILES string of the molecule is CCC1=C(N)SC=CCC1C.